The quantitative estimate of drug-likeness (QED) is 0.829. The van der Waals surface area contributed by atoms with Gasteiger partial charge in [0.25, 0.3) is 0 Å². The Balaban J connectivity index is 2.06. The molecule has 0 spiro atoms. The molecule has 2 heterocycles. The van der Waals surface area contributed by atoms with Crippen molar-refractivity contribution in [3.63, 3.8) is 0 Å². The van der Waals surface area contributed by atoms with E-state index in [4.69, 9.17) is 4.52 Å². The summed E-state index contributed by atoms with van der Waals surface area (Å²) in [6.45, 7) is 4.04. The van der Waals surface area contributed by atoms with E-state index in [1.807, 2.05) is 30.4 Å². The van der Waals surface area contributed by atoms with Crippen LogP contribution in [0.3, 0.4) is 0 Å². The van der Waals surface area contributed by atoms with Crippen molar-refractivity contribution in [2.24, 2.45) is 0 Å². The van der Waals surface area contributed by atoms with E-state index in [9.17, 15) is 4.79 Å². The Morgan fingerprint density at radius 1 is 1.39 bits per heavy atom. The molecule has 6 heteroatoms. The van der Waals surface area contributed by atoms with Crippen molar-refractivity contribution in [3.05, 3.63) is 11.7 Å². The monoisotopic (exact) mass is 286 g/mol. The Morgan fingerprint density at radius 3 is 2.89 bits per heavy atom. The van der Waals surface area contributed by atoms with Crippen LogP contribution in [0.25, 0.3) is 0 Å². The van der Waals surface area contributed by atoms with Gasteiger partial charge < -0.3 is 4.52 Å². The summed E-state index contributed by atoms with van der Waals surface area (Å²) in [4.78, 5) is 15.7. The molecule has 1 aromatic heterocycles. The zero-order valence-corrected chi connectivity index (χ0v) is 12.4. The average molecular weight is 286 g/mol. The molecule has 0 amide bonds. The average Bonchev–Trinajstić information content (AvgIpc) is 2.86. The molecule has 0 aromatic carbocycles. The third-order valence-corrected chi connectivity index (χ3v) is 6.18. The summed E-state index contributed by atoms with van der Waals surface area (Å²) in [6, 6.07) is 0. The molecule has 0 bridgehead atoms. The van der Waals surface area contributed by atoms with Gasteiger partial charge in [-0.05, 0) is 6.42 Å². The summed E-state index contributed by atoms with van der Waals surface area (Å²) in [5.74, 6) is 3.69. The van der Waals surface area contributed by atoms with Crippen molar-refractivity contribution in [3.8, 4) is 0 Å². The molecular formula is C12H18N2O2S2. The molecule has 0 saturated carbocycles. The minimum atomic E-state index is 0.142. The fraction of sp³-hybridized carbons (Fsp3) is 0.750. The Morgan fingerprint density at radius 2 is 2.17 bits per heavy atom. The highest BCUT2D eigenvalue weighted by Crippen LogP contribution is 2.42. The van der Waals surface area contributed by atoms with Crippen molar-refractivity contribution in [1.82, 2.24) is 10.1 Å². The van der Waals surface area contributed by atoms with E-state index in [1.54, 1.807) is 0 Å². The molecule has 1 fully saturated rings. The smallest absolute Gasteiger partial charge is 0.234 e. The lowest BCUT2D eigenvalue weighted by atomic mass is 10.2. The van der Waals surface area contributed by atoms with Crippen molar-refractivity contribution in [2.75, 3.05) is 11.5 Å². The number of Topliss-reactive ketones (excluding diaryl/α,β-unsaturated/α-hetero) is 1. The minimum absolute atomic E-state index is 0.142. The van der Waals surface area contributed by atoms with Crippen LogP contribution in [-0.2, 0) is 11.2 Å². The first-order valence-corrected chi connectivity index (χ1v) is 8.41. The normalized spacial score (nSPS) is 24.1. The van der Waals surface area contributed by atoms with E-state index < -0.39 is 0 Å². The van der Waals surface area contributed by atoms with Gasteiger partial charge in [0.05, 0.1) is 11.7 Å². The lowest BCUT2D eigenvalue weighted by Gasteiger charge is -2.27. The van der Waals surface area contributed by atoms with Crippen LogP contribution in [0.2, 0.25) is 0 Å². The lowest BCUT2D eigenvalue weighted by Crippen LogP contribution is -2.19. The summed E-state index contributed by atoms with van der Waals surface area (Å²) in [6.07, 6.45) is 1.90. The maximum Gasteiger partial charge on any atom is 0.234 e. The third kappa shape index (κ3) is 3.29. The zero-order valence-electron chi connectivity index (χ0n) is 10.7. The van der Waals surface area contributed by atoms with Crippen molar-refractivity contribution in [2.45, 2.75) is 43.6 Å². The Bertz CT molecular complexity index is 409. The first kappa shape index (κ1) is 13.9. The highest BCUT2D eigenvalue weighted by Gasteiger charge is 2.30. The molecule has 2 atom stereocenters. The number of ketones is 1. The van der Waals surface area contributed by atoms with Gasteiger partial charge in [-0.3, -0.25) is 4.79 Å². The highest BCUT2D eigenvalue weighted by molar-refractivity contribution is 8.06. The van der Waals surface area contributed by atoms with E-state index in [0.717, 1.165) is 18.0 Å². The second kappa shape index (κ2) is 6.61. The fourth-order valence-electron chi connectivity index (χ4n) is 1.89. The second-order valence-electron chi connectivity index (χ2n) is 4.22. The number of carbonyl (C=O) groups excluding carboxylic acids is 1. The van der Waals surface area contributed by atoms with Crippen molar-refractivity contribution < 1.29 is 9.32 Å². The molecule has 1 saturated heterocycles. The van der Waals surface area contributed by atoms with Gasteiger partial charge in [0.1, 0.15) is 5.78 Å². The fourth-order valence-corrected chi connectivity index (χ4v) is 4.87. The summed E-state index contributed by atoms with van der Waals surface area (Å²) in [5.41, 5.74) is 0. The summed E-state index contributed by atoms with van der Waals surface area (Å²) in [5, 5.41) is 4.91. The van der Waals surface area contributed by atoms with Crippen LogP contribution in [0.4, 0.5) is 0 Å². The second-order valence-corrected chi connectivity index (χ2v) is 6.82. The number of aromatic nitrogens is 2. The first-order valence-electron chi connectivity index (χ1n) is 6.32. The van der Waals surface area contributed by atoms with Gasteiger partial charge in [0.15, 0.2) is 5.82 Å². The summed E-state index contributed by atoms with van der Waals surface area (Å²) in [7, 11) is 0. The van der Waals surface area contributed by atoms with Crippen LogP contribution in [0.15, 0.2) is 4.52 Å². The van der Waals surface area contributed by atoms with Crippen LogP contribution in [0.1, 0.15) is 43.7 Å². The largest absolute Gasteiger partial charge is 0.339 e. The van der Waals surface area contributed by atoms with Gasteiger partial charge >= 0.3 is 0 Å². The molecule has 0 aliphatic carbocycles. The molecular weight excluding hydrogens is 268 g/mol. The van der Waals surface area contributed by atoms with Gasteiger partial charge in [0, 0.05) is 23.2 Å². The molecule has 1 aliphatic heterocycles. The Kier molecular flexibility index (Phi) is 5.12. The maximum absolute atomic E-state index is 11.4. The SMILES string of the molecule is CCC(=O)Cc1nc(C2SCCSC2CC)no1. The van der Waals surface area contributed by atoms with E-state index >= 15 is 0 Å². The molecule has 18 heavy (non-hydrogen) atoms. The highest BCUT2D eigenvalue weighted by atomic mass is 32.2. The van der Waals surface area contributed by atoms with Crippen LogP contribution >= 0.6 is 23.5 Å². The zero-order chi connectivity index (χ0) is 13.0. The first-order chi connectivity index (χ1) is 8.74. The molecule has 1 aromatic rings. The van der Waals surface area contributed by atoms with Crippen LogP contribution in [0.5, 0.6) is 0 Å². The molecule has 2 rings (SSSR count). The van der Waals surface area contributed by atoms with Gasteiger partial charge in [-0.25, -0.2) is 0 Å². The van der Waals surface area contributed by atoms with E-state index in [2.05, 4.69) is 17.1 Å². The molecule has 2 unspecified atom stereocenters. The molecule has 4 nitrogen and oxygen atoms in total. The van der Waals surface area contributed by atoms with E-state index in [-0.39, 0.29) is 12.2 Å². The number of hydrogen-bond acceptors (Lipinski definition) is 6. The topological polar surface area (TPSA) is 56.0 Å². The lowest BCUT2D eigenvalue weighted by molar-refractivity contribution is -0.118. The number of carbonyl (C=O) groups is 1. The molecule has 1 aliphatic rings. The standard InChI is InChI=1S/C12H18N2O2S2/c1-3-8(15)7-10-13-12(14-16-10)11-9(4-2)17-5-6-18-11/h9,11H,3-7H2,1-2H3. The number of thioether (sulfide) groups is 2. The van der Waals surface area contributed by atoms with Gasteiger partial charge in [-0.1, -0.05) is 19.0 Å². The number of nitrogens with zero attached hydrogens (tertiary/aromatic N) is 2. The van der Waals surface area contributed by atoms with Crippen LogP contribution in [0, 0.1) is 0 Å². The van der Waals surface area contributed by atoms with Gasteiger partial charge in [-0.15, -0.1) is 11.8 Å². The Labute approximate surface area is 116 Å². The maximum atomic E-state index is 11.4. The molecule has 0 N–H and O–H groups in total. The molecule has 0 radical (unpaired) electrons. The van der Waals surface area contributed by atoms with Crippen LogP contribution < -0.4 is 0 Å². The van der Waals surface area contributed by atoms with Gasteiger partial charge in [-0.2, -0.15) is 16.7 Å². The summed E-state index contributed by atoms with van der Waals surface area (Å²) >= 11 is 3.88. The minimum Gasteiger partial charge on any atom is -0.339 e. The van der Waals surface area contributed by atoms with Crippen molar-refractivity contribution >= 4 is 29.3 Å². The molecule has 100 valence electrons. The predicted molar refractivity (Wildman–Crippen MR) is 75.0 cm³/mol. The van der Waals surface area contributed by atoms with E-state index in [1.165, 1.54) is 5.75 Å². The predicted octanol–water partition coefficient (Wildman–Crippen LogP) is 2.89. The number of rotatable bonds is 5. The van der Waals surface area contributed by atoms with Crippen molar-refractivity contribution in [1.29, 1.82) is 0 Å². The van der Waals surface area contributed by atoms with Gasteiger partial charge in [0.2, 0.25) is 5.89 Å². The Hall–Kier alpha value is -0.490. The van der Waals surface area contributed by atoms with E-state index in [0.29, 0.717) is 22.8 Å². The summed E-state index contributed by atoms with van der Waals surface area (Å²) < 4.78 is 5.18. The third-order valence-electron chi connectivity index (χ3n) is 2.93. The van der Waals surface area contributed by atoms with Crippen LogP contribution in [-0.4, -0.2) is 32.7 Å². The number of hydrogen-bond donors (Lipinski definition) is 0.